The second kappa shape index (κ2) is 5.34. The fourth-order valence-electron chi connectivity index (χ4n) is 2.38. The molecule has 0 saturated heterocycles. The summed E-state index contributed by atoms with van der Waals surface area (Å²) < 4.78 is 2.23. The Labute approximate surface area is 122 Å². The topological polar surface area (TPSA) is 42.2 Å². The Morgan fingerprint density at radius 2 is 2.10 bits per heavy atom. The Balaban J connectivity index is 1.76. The van der Waals surface area contributed by atoms with E-state index in [1.807, 2.05) is 12.3 Å². The number of aromatic nitrogens is 3. The summed E-state index contributed by atoms with van der Waals surface area (Å²) in [6.07, 6.45) is 1.84. The van der Waals surface area contributed by atoms with Crippen molar-refractivity contribution >= 4 is 16.3 Å². The molecule has 0 aliphatic heterocycles. The number of nitrogens with one attached hydrogen (secondary N) is 1. The van der Waals surface area contributed by atoms with Crippen LogP contribution in [0.1, 0.15) is 28.3 Å². The molecule has 104 valence electrons. The molecule has 0 radical (unpaired) electrons. The Morgan fingerprint density at radius 1 is 1.25 bits per heavy atom. The summed E-state index contributed by atoms with van der Waals surface area (Å²) in [6, 6.07) is 4.06. The maximum atomic E-state index is 4.60. The summed E-state index contributed by atoms with van der Waals surface area (Å²) >= 11 is 1.69. The lowest BCUT2D eigenvalue weighted by molar-refractivity contribution is 0.656. The summed E-state index contributed by atoms with van der Waals surface area (Å²) in [4.78, 5) is 10.1. The van der Waals surface area contributed by atoms with E-state index in [0.717, 1.165) is 29.4 Å². The molecule has 0 unspecified atom stereocenters. The third-order valence-corrected chi connectivity index (χ3v) is 4.48. The summed E-state index contributed by atoms with van der Waals surface area (Å²) in [6.45, 7) is 7.87. The molecular formula is C15H18N4S. The SMILES string of the molecule is Cc1cccnc1CNCc1c(C)nc2scc(C)n12. The highest BCUT2D eigenvalue weighted by Gasteiger charge is 2.11. The lowest BCUT2D eigenvalue weighted by Gasteiger charge is -2.07. The smallest absolute Gasteiger partial charge is 0.194 e. The molecule has 0 aliphatic rings. The molecule has 0 spiro atoms. The third-order valence-electron chi connectivity index (χ3n) is 3.53. The average Bonchev–Trinajstić information content (AvgIpc) is 2.93. The summed E-state index contributed by atoms with van der Waals surface area (Å²) in [5.41, 5.74) is 5.92. The van der Waals surface area contributed by atoms with Crippen molar-refractivity contribution < 1.29 is 0 Å². The van der Waals surface area contributed by atoms with Gasteiger partial charge in [0.15, 0.2) is 4.96 Å². The monoisotopic (exact) mass is 286 g/mol. The number of rotatable bonds is 4. The van der Waals surface area contributed by atoms with Crippen molar-refractivity contribution in [2.75, 3.05) is 0 Å². The Morgan fingerprint density at radius 3 is 2.90 bits per heavy atom. The molecule has 20 heavy (non-hydrogen) atoms. The Bertz CT molecular complexity index is 741. The number of nitrogens with zero attached hydrogens (tertiary/aromatic N) is 3. The first-order valence-electron chi connectivity index (χ1n) is 6.70. The van der Waals surface area contributed by atoms with Gasteiger partial charge in [-0.1, -0.05) is 6.07 Å². The highest BCUT2D eigenvalue weighted by molar-refractivity contribution is 7.15. The standard InChI is InChI=1S/C15H18N4S/c1-10-5-4-6-17-13(10)7-16-8-14-12(3)18-15-19(14)11(2)9-20-15/h4-6,9,16H,7-8H2,1-3H3. The first-order chi connectivity index (χ1) is 9.66. The fourth-order valence-corrected chi connectivity index (χ4v) is 3.31. The van der Waals surface area contributed by atoms with Crippen molar-refractivity contribution in [3.8, 4) is 0 Å². The molecule has 0 fully saturated rings. The van der Waals surface area contributed by atoms with Crippen molar-refractivity contribution in [1.82, 2.24) is 19.7 Å². The van der Waals surface area contributed by atoms with E-state index in [1.54, 1.807) is 11.3 Å². The largest absolute Gasteiger partial charge is 0.305 e. The van der Waals surface area contributed by atoms with Crippen LogP contribution >= 0.6 is 11.3 Å². The van der Waals surface area contributed by atoms with Gasteiger partial charge in [0.25, 0.3) is 0 Å². The summed E-state index contributed by atoms with van der Waals surface area (Å²) in [7, 11) is 0. The number of thiazole rings is 1. The normalized spacial score (nSPS) is 11.3. The van der Waals surface area contributed by atoms with Crippen LogP contribution in [0.25, 0.3) is 4.96 Å². The molecule has 0 saturated carbocycles. The lowest BCUT2D eigenvalue weighted by atomic mass is 10.2. The van der Waals surface area contributed by atoms with Gasteiger partial charge < -0.3 is 5.32 Å². The van der Waals surface area contributed by atoms with Gasteiger partial charge in [-0.3, -0.25) is 9.38 Å². The summed E-state index contributed by atoms with van der Waals surface area (Å²) in [5, 5.41) is 5.62. The number of aryl methyl sites for hydroxylation is 3. The number of hydrogen-bond acceptors (Lipinski definition) is 4. The van der Waals surface area contributed by atoms with E-state index in [4.69, 9.17) is 0 Å². The van der Waals surface area contributed by atoms with Crippen LogP contribution < -0.4 is 5.32 Å². The van der Waals surface area contributed by atoms with Gasteiger partial charge in [-0.25, -0.2) is 4.98 Å². The van der Waals surface area contributed by atoms with Gasteiger partial charge in [0, 0.05) is 30.4 Å². The highest BCUT2D eigenvalue weighted by Crippen LogP contribution is 2.20. The number of hydrogen-bond donors (Lipinski definition) is 1. The van der Waals surface area contributed by atoms with Crippen LogP contribution in [0.2, 0.25) is 0 Å². The maximum Gasteiger partial charge on any atom is 0.194 e. The van der Waals surface area contributed by atoms with Crippen LogP contribution in [0.4, 0.5) is 0 Å². The molecule has 0 aliphatic carbocycles. The predicted molar refractivity (Wildman–Crippen MR) is 82.1 cm³/mol. The minimum absolute atomic E-state index is 0.780. The van der Waals surface area contributed by atoms with Crippen molar-refractivity contribution in [2.24, 2.45) is 0 Å². The maximum absolute atomic E-state index is 4.60. The van der Waals surface area contributed by atoms with E-state index in [-0.39, 0.29) is 0 Å². The first kappa shape index (κ1) is 13.3. The molecule has 3 heterocycles. The molecule has 3 aromatic heterocycles. The van der Waals surface area contributed by atoms with E-state index >= 15 is 0 Å². The molecule has 0 amide bonds. The molecule has 0 bridgehead atoms. The minimum Gasteiger partial charge on any atom is -0.305 e. The number of imidazole rings is 1. The van der Waals surface area contributed by atoms with E-state index in [2.05, 4.69) is 51.9 Å². The van der Waals surface area contributed by atoms with Gasteiger partial charge in [-0.15, -0.1) is 11.3 Å². The van der Waals surface area contributed by atoms with Crippen molar-refractivity contribution in [3.63, 3.8) is 0 Å². The lowest BCUT2D eigenvalue weighted by Crippen LogP contribution is -2.16. The second-order valence-electron chi connectivity index (χ2n) is 5.01. The zero-order valence-electron chi connectivity index (χ0n) is 12.0. The van der Waals surface area contributed by atoms with Gasteiger partial charge in [-0.05, 0) is 32.4 Å². The van der Waals surface area contributed by atoms with Crippen LogP contribution in [0, 0.1) is 20.8 Å². The van der Waals surface area contributed by atoms with E-state index < -0.39 is 0 Å². The number of fused-ring (bicyclic) bond motifs is 1. The van der Waals surface area contributed by atoms with Gasteiger partial charge in [0.1, 0.15) is 0 Å². The van der Waals surface area contributed by atoms with Crippen LogP contribution in [-0.2, 0) is 13.1 Å². The first-order valence-corrected chi connectivity index (χ1v) is 7.58. The molecule has 3 aromatic rings. The number of pyridine rings is 1. The van der Waals surface area contributed by atoms with Gasteiger partial charge in [-0.2, -0.15) is 0 Å². The molecule has 0 aromatic carbocycles. The minimum atomic E-state index is 0.780. The van der Waals surface area contributed by atoms with Crippen molar-refractivity contribution in [2.45, 2.75) is 33.9 Å². The third kappa shape index (κ3) is 2.34. The quantitative estimate of drug-likeness (QED) is 0.801. The van der Waals surface area contributed by atoms with Crippen LogP contribution in [0.5, 0.6) is 0 Å². The predicted octanol–water partition coefficient (Wildman–Crippen LogP) is 3.01. The van der Waals surface area contributed by atoms with Gasteiger partial charge in [0.2, 0.25) is 0 Å². The Hall–Kier alpha value is -1.72. The molecule has 3 rings (SSSR count). The fraction of sp³-hybridized carbons (Fsp3) is 0.333. The Kier molecular flexibility index (Phi) is 3.54. The van der Waals surface area contributed by atoms with E-state index in [9.17, 15) is 0 Å². The molecule has 5 heteroatoms. The van der Waals surface area contributed by atoms with E-state index in [0.29, 0.717) is 0 Å². The molecular weight excluding hydrogens is 268 g/mol. The second-order valence-corrected chi connectivity index (χ2v) is 5.85. The van der Waals surface area contributed by atoms with Gasteiger partial charge >= 0.3 is 0 Å². The molecule has 4 nitrogen and oxygen atoms in total. The molecule has 1 N–H and O–H groups in total. The highest BCUT2D eigenvalue weighted by atomic mass is 32.1. The molecule has 0 atom stereocenters. The van der Waals surface area contributed by atoms with Crippen LogP contribution in [0.3, 0.4) is 0 Å². The average molecular weight is 286 g/mol. The zero-order chi connectivity index (χ0) is 14.1. The summed E-state index contributed by atoms with van der Waals surface area (Å²) in [5.74, 6) is 0. The van der Waals surface area contributed by atoms with Crippen molar-refractivity contribution in [1.29, 1.82) is 0 Å². The zero-order valence-corrected chi connectivity index (χ0v) is 12.8. The van der Waals surface area contributed by atoms with Crippen molar-refractivity contribution in [3.05, 3.63) is 52.0 Å². The van der Waals surface area contributed by atoms with E-state index in [1.165, 1.54) is 17.0 Å². The van der Waals surface area contributed by atoms with Crippen LogP contribution in [-0.4, -0.2) is 14.4 Å². The van der Waals surface area contributed by atoms with Crippen LogP contribution in [0.15, 0.2) is 23.7 Å². The van der Waals surface area contributed by atoms with Gasteiger partial charge in [0.05, 0.1) is 17.1 Å².